The van der Waals surface area contributed by atoms with Crippen LogP contribution in [-0.4, -0.2) is 22.0 Å². The summed E-state index contributed by atoms with van der Waals surface area (Å²) in [6.45, 7) is 8.16. The molecule has 0 aliphatic carbocycles. The van der Waals surface area contributed by atoms with Gasteiger partial charge < -0.3 is 9.47 Å². The number of carbonyl (C=O) groups is 1. The lowest BCUT2D eigenvalue weighted by atomic mass is 10.1. The van der Waals surface area contributed by atoms with E-state index in [0.717, 1.165) is 34.7 Å². The van der Waals surface area contributed by atoms with E-state index in [4.69, 9.17) is 4.98 Å². The Bertz CT molecular complexity index is 1060. The van der Waals surface area contributed by atoms with Crippen LogP contribution >= 0.6 is 0 Å². The topological polar surface area (TPSA) is 38.1 Å². The van der Waals surface area contributed by atoms with Gasteiger partial charge in [0, 0.05) is 31.1 Å². The van der Waals surface area contributed by atoms with Gasteiger partial charge in [-0.1, -0.05) is 82.2 Å². The molecule has 4 rings (SSSR count). The predicted molar refractivity (Wildman–Crippen MR) is 138 cm³/mol. The average molecular weight is 446 g/mol. The number of para-hydroxylation sites is 3. The molecule has 4 heteroatoms. The van der Waals surface area contributed by atoms with Crippen LogP contribution in [0.25, 0.3) is 11.0 Å². The van der Waals surface area contributed by atoms with Crippen molar-refractivity contribution in [3.05, 3.63) is 59.4 Å². The van der Waals surface area contributed by atoms with Gasteiger partial charge in [-0.3, -0.25) is 4.79 Å². The number of nitrogens with zero attached hydrogens (tertiary/aromatic N) is 3. The number of unbranched alkanes of at least 4 members (excludes halogenated alkanes) is 7. The summed E-state index contributed by atoms with van der Waals surface area (Å²) >= 11 is 0. The maximum atomic E-state index is 13.1. The molecule has 0 bridgehead atoms. The van der Waals surface area contributed by atoms with Crippen LogP contribution < -0.4 is 4.90 Å². The highest BCUT2D eigenvalue weighted by Crippen LogP contribution is 2.36. The van der Waals surface area contributed by atoms with E-state index in [-0.39, 0.29) is 11.8 Å². The van der Waals surface area contributed by atoms with Gasteiger partial charge in [0.15, 0.2) is 0 Å². The minimum Gasteiger partial charge on any atom is -0.328 e. The molecule has 4 nitrogen and oxygen atoms in total. The van der Waals surface area contributed by atoms with Crippen LogP contribution in [0.3, 0.4) is 0 Å². The number of benzene rings is 2. The van der Waals surface area contributed by atoms with Crippen LogP contribution in [0.1, 0.15) is 87.6 Å². The van der Waals surface area contributed by atoms with Crippen molar-refractivity contribution in [2.45, 2.75) is 91.0 Å². The first kappa shape index (κ1) is 23.5. The molecule has 0 N–H and O–H groups in total. The number of amides is 1. The van der Waals surface area contributed by atoms with E-state index in [9.17, 15) is 4.79 Å². The van der Waals surface area contributed by atoms with Gasteiger partial charge in [0.1, 0.15) is 5.82 Å². The highest BCUT2D eigenvalue weighted by Gasteiger charge is 2.35. The Hall–Kier alpha value is -2.62. The van der Waals surface area contributed by atoms with Gasteiger partial charge in [-0.2, -0.15) is 0 Å². The van der Waals surface area contributed by atoms with Crippen LogP contribution in [0.15, 0.2) is 42.5 Å². The molecule has 2 heterocycles. The van der Waals surface area contributed by atoms with Gasteiger partial charge in [-0.25, -0.2) is 4.98 Å². The summed E-state index contributed by atoms with van der Waals surface area (Å²) < 4.78 is 2.40. The van der Waals surface area contributed by atoms with Crippen molar-refractivity contribution in [2.75, 3.05) is 11.4 Å². The molecule has 2 aromatic carbocycles. The van der Waals surface area contributed by atoms with E-state index in [1.165, 1.54) is 56.9 Å². The fourth-order valence-electron chi connectivity index (χ4n) is 5.37. The quantitative estimate of drug-likeness (QED) is 0.290. The molecule has 1 unspecified atom stereocenters. The van der Waals surface area contributed by atoms with Crippen LogP contribution in [0.2, 0.25) is 0 Å². The Balaban J connectivity index is 1.48. The van der Waals surface area contributed by atoms with E-state index in [1.807, 2.05) is 4.90 Å². The zero-order valence-corrected chi connectivity index (χ0v) is 20.6. The summed E-state index contributed by atoms with van der Waals surface area (Å²) in [7, 11) is 0. The maximum Gasteiger partial charge on any atom is 0.227 e. The number of aromatic nitrogens is 2. The van der Waals surface area contributed by atoms with Crippen molar-refractivity contribution >= 4 is 22.6 Å². The number of imidazole rings is 1. The van der Waals surface area contributed by atoms with Crippen molar-refractivity contribution in [2.24, 2.45) is 0 Å². The third-order valence-electron chi connectivity index (χ3n) is 7.12. The van der Waals surface area contributed by atoms with Gasteiger partial charge >= 0.3 is 0 Å². The molecule has 1 saturated heterocycles. The molecule has 3 aromatic rings. The third kappa shape index (κ3) is 5.31. The fourth-order valence-corrected chi connectivity index (χ4v) is 5.37. The number of anilines is 1. The second-order valence-corrected chi connectivity index (χ2v) is 9.73. The molecule has 1 aromatic heterocycles. The predicted octanol–water partition coefficient (Wildman–Crippen LogP) is 7.31. The van der Waals surface area contributed by atoms with Gasteiger partial charge in [0.25, 0.3) is 0 Å². The zero-order valence-electron chi connectivity index (χ0n) is 20.6. The molecule has 1 aliphatic heterocycles. The van der Waals surface area contributed by atoms with Crippen molar-refractivity contribution in [1.29, 1.82) is 0 Å². The number of hydrogen-bond donors (Lipinski definition) is 0. The molecule has 176 valence electrons. The maximum absolute atomic E-state index is 13.1. The summed E-state index contributed by atoms with van der Waals surface area (Å²) in [5, 5.41) is 0. The standard InChI is InChI=1S/C29H39N3O/c1-4-5-6-7-8-9-10-13-19-31-26-18-12-11-17-25(26)30-29(31)24-20-27(33)32(21-24)28-22(2)15-14-16-23(28)3/h11-12,14-18,24H,4-10,13,19-21H2,1-3H3. The van der Waals surface area contributed by atoms with E-state index in [1.54, 1.807) is 0 Å². The Kier molecular flexibility index (Phi) is 7.85. The molecule has 1 fully saturated rings. The molecule has 0 spiro atoms. The largest absolute Gasteiger partial charge is 0.328 e. The zero-order chi connectivity index (χ0) is 23.2. The first-order valence-electron chi connectivity index (χ1n) is 12.9. The highest BCUT2D eigenvalue weighted by atomic mass is 16.2. The Labute approximate surface area is 199 Å². The van der Waals surface area contributed by atoms with Crippen LogP contribution in [0.4, 0.5) is 5.69 Å². The number of rotatable bonds is 11. The molecule has 0 radical (unpaired) electrons. The summed E-state index contributed by atoms with van der Waals surface area (Å²) in [6.07, 6.45) is 11.0. The van der Waals surface area contributed by atoms with Gasteiger partial charge in [0.05, 0.1) is 11.0 Å². The summed E-state index contributed by atoms with van der Waals surface area (Å²) in [5.74, 6) is 1.43. The van der Waals surface area contributed by atoms with Crippen LogP contribution in [-0.2, 0) is 11.3 Å². The third-order valence-corrected chi connectivity index (χ3v) is 7.12. The average Bonchev–Trinajstić information content (AvgIpc) is 3.36. The molecular weight excluding hydrogens is 406 g/mol. The van der Waals surface area contributed by atoms with Crippen LogP contribution in [0, 0.1) is 13.8 Å². The fraction of sp³-hybridized carbons (Fsp3) is 0.517. The van der Waals surface area contributed by atoms with Crippen molar-refractivity contribution in [3.8, 4) is 0 Å². The van der Waals surface area contributed by atoms with Crippen molar-refractivity contribution in [1.82, 2.24) is 9.55 Å². The second kappa shape index (κ2) is 11.0. The lowest BCUT2D eigenvalue weighted by molar-refractivity contribution is -0.117. The second-order valence-electron chi connectivity index (χ2n) is 9.73. The SMILES string of the molecule is CCCCCCCCCCn1c(C2CC(=O)N(c3c(C)cccc3C)C2)nc2ccccc21. The Morgan fingerprint density at radius 3 is 2.27 bits per heavy atom. The lowest BCUT2D eigenvalue weighted by Gasteiger charge is -2.21. The molecule has 0 saturated carbocycles. The number of fused-ring (bicyclic) bond motifs is 1. The van der Waals surface area contributed by atoms with Gasteiger partial charge in [-0.05, 0) is 43.5 Å². The van der Waals surface area contributed by atoms with Crippen molar-refractivity contribution < 1.29 is 4.79 Å². The number of hydrogen-bond acceptors (Lipinski definition) is 2. The van der Waals surface area contributed by atoms with E-state index in [0.29, 0.717) is 13.0 Å². The van der Waals surface area contributed by atoms with Gasteiger partial charge in [0.2, 0.25) is 5.91 Å². The molecular formula is C29H39N3O. The smallest absolute Gasteiger partial charge is 0.227 e. The normalized spacial score (nSPS) is 16.3. The molecule has 1 amide bonds. The molecule has 1 atom stereocenters. The van der Waals surface area contributed by atoms with Gasteiger partial charge in [-0.15, -0.1) is 0 Å². The summed E-state index contributed by atoms with van der Waals surface area (Å²) in [4.78, 5) is 20.1. The minimum absolute atomic E-state index is 0.137. The van der Waals surface area contributed by atoms with E-state index < -0.39 is 0 Å². The first-order valence-corrected chi connectivity index (χ1v) is 12.9. The monoisotopic (exact) mass is 445 g/mol. The van der Waals surface area contributed by atoms with E-state index >= 15 is 0 Å². The van der Waals surface area contributed by atoms with Crippen molar-refractivity contribution in [3.63, 3.8) is 0 Å². The molecule has 1 aliphatic rings. The van der Waals surface area contributed by atoms with Crippen LogP contribution in [0.5, 0.6) is 0 Å². The summed E-state index contributed by atoms with van der Waals surface area (Å²) in [5.41, 5.74) is 5.65. The summed E-state index contributed by atoms with van der Waals surface area (Å²) in [6, 6.07) is 14.7. The Morgan fingerprint density at radius 2 is 1.55 bits per heavy atom. The Morgan fingerprint density at radius 1 is 0.879 bits per heavy atom. The molecule has 33 heavy (non-hydrogen) atoms. The number of carbonyl (C=O) groups excluding carboxylic acids is 1. The highest BCUT2D eigenvalue weighted by molar-refractivity contribution is 5.98. The minimum atomic E-state index is 0.137. The lowest BCUT2D eigenvalue weighted by Crippen LogP contribution is -2.26. The number of aryl methyl sites for hydroxylation is 3. The van der Waals surface area contributed by atoms with E-state index in [2.05, 4.69) is 67.8 Å². The first-order chi connectivity index (χ1) is 16.1.